The number of carbonyl (C=O) groups excluding carboxylic acids is 1. The van der Waals surface area contributed by atoms with Gasteiger partial charge in [0, 0.05) is 17.9 Å². The van der Waals surface area contributed by atoms with Gasteiger partial charge in [0.2, 0.25) is 0 Å². The van der Waals surface area contributed by atoms with Crippen molar-refractivity contribution in [2.24, 2.45) is 5.41 Å². The first-order valence-corrected chi connectivity index (χ1v) is 7.18. The molecule has 3 nitrogen and oxygen atoms in total. The first-order chi connectivity index (χ1) is 9.87. The minimum atomic E-state index is -3.21. The van der Waals surface area contributed by atoms with E-state index in [2.05, 4.69) is 0 Å². The predicted molar refractivity (Wildman–Crippen MR) is 81.6 cm³/mol. The number of alkyl halides is 2. The van der Waals surface area contributed by atoms with Crippen molar-refractivity contribution in [3.63, 3.8) is 0 Å². The van der Waals surface area contributed by atoms with E-state index in [9.17, 15) is 23.8 Å². The maximum atomic E-state index is 13.8. The summed E-state index contributed by atoms with van der Waals surface area (Å²) in [5.74, 6) is -3.21. The molecular weight excluding hydrogens is 290 g/mol. The second-order valence-corrected chi connectivity index (χ2v) is 6.68. The highest BCUT2D eigenvalue weighted by atomic mass is 19.3. The van der Waals surface area contributed by atoms with Gasteiger partial charge in [-0.1, -0.05) is 19.9 Å². The van der Waals surface area contributed by atoms with Crippen LogP contribution >= 0.6 is 0 Å². The van der Waals surface area contributed by atoms with E-state index in [1.54, 1.807) is 20.8 Å². The third-order valence-corrected chi connectivity index (χ3v) is 4.44. The van der Waals surface area contributed by atoms with Gasteiger partial charge in [-0.2, -0.15) is 0 Å². The zero-order chi connectivity index (χ0) is 17.3. The number of aliphatic hydroxyl groups excluding tert-OH is 1. The average molecular weight is 314 g/mol. The van der Waals surface area contributed by atoms with Crippen LogP contribution in [-0.4, -0.2) is 34.1 Å². The molecule has 0 radical (unpaired) electrons. The summed E-state index contributed by atoms with van der Waals surface area (Å²) in [4.78, 5) is 10.5. The van der Waals surface area contributed by atoms with Crippen LogP contribution in [0.5, 0.6) is 0 Å². The average Bonchev–Trinajstić information content (AvgIpc) is 2.32. The fourth-order valence-corrected chi connectivity index (χ4v) is 3.09. The van der Waals surface area contributed by atoms with E-state index in [1.807, 2.05) is 0 Å². The topological polar surface area (TPSA) is 57.5 Å². The van der Waals surface area contributed by atoms with E-state index in [-0.39, 0.29) is 12.0 Å². The molecule has 5 heteroatoms. The summed E-state index contributed by atoms with van der Waals surface area (Å²) in [5, 5.41) is 21.1. The molecule has 124 valence electrons. The molecule has 2 N–H and O–H groups in total. The predicted octanol–water partition coefficient (Wildman–Crippen LogP) is 3.18. The van der Waals surface area contributed by atoms with Crippen molar-refractivity contribution in [2.45, 2.75) is 58.7 Å². The Bertz CT molecular complexity index is 539. The number of halogens is 2. The summed E-state index contributed by atoms with van der Waals surface area (Å²) in [6.07, 6.45) is 3.61. The molecular formula is C17H24F2O3. The number of aldehydes is 1. The summed E-state index contributed by atoms with van der Waals surface area (Å²) in [7, 11) is 0. The van der Waals surface area contributed by atoms with Gasteiger partial charge in [-0.3, -0.25) is 4.79 Å². The highest BCUT2D eigenvalue weighted by molar-refractivity contribution is 5.67. The molecule has 1 aliphatic carbocycles. The zero-order valence-electron chi connectivity index (χ0n) is 13.7. The Morgan fingerprint density at radius 2 is 1.95 bits per heavy atom. The Morgan fingerprint density at radius 1 is 1.41 bits per heavy atom. The van der Waals surface area contributed by atoms with Crippen LogP contribution in [-0.2, 0) is 4.79 Å². The minimum Gasteiger partial charge on any atom is -0.388 e. The molecule has 22 heavy (non-hydrogen) atoms. The molecule has 0 saturated heterocycles. The van der Waals surface area contributed by atoms with Gasteiger partial charge in [0.05, 0.1) is 6.10 Å². The lowest BCUT2D eigenvalue weighted by Crippen LogP contribution is -2.52. The molecule has 0 heterocycles. The number of allylic oxidation sites excluding steroid dienone is 3. The van der Waals surface area contributed by atoms with E-state index < -0.39 is 28.6 Å². The summed E-state index contributed by atoms with van der Waals surface area (Å²) in [6, 6.07) is 0. The van der Waals surface area contributed by atoms with Gasteiger partial charge in [-0.15, -0.1) is 0 Å². The molecule has 0 aromatic rings. The number of rotatable bonds is 4. The van der Waals surface area contributed by atoms with Crippen molar-refractivity contribution in [3.8, 4) is 0 Å². The maximum Gasteiger partial charge on any atom is 0.269 e. The molecule has 0 spiro atoms. The van der Waals surface area contributed by atoms with E-state index in [1.165, 1.54) is 25.2 Å². The molecule has 2 unspecified atom stereocenters. The van der Waals surface area contributed by atoms with Gasteiger partial charge in [0.25, 0.3) is 5.92 Å². The van der Waals surface area contributed by atoms with Crippen molar-refractivity contribution in [2.75, 3.05) is 0 Å². The lowest BCUT2D eigenvalue weighted by Gasteiger charge is -2.49. The Hall–Kier alpha value is -1.33. The largest absolute Gasteiger partial charge is 0.388 e. The Labute approximate surface area is 130 Å². The molecule has 0 amide bonds. The van der Waals surface area contributed by atoms with Crippen LogP contribution in [0.15, 0.2) is 34.9 Å². The van der Waals surface area contributed by atoms with Crippen molar-refractivity contribution in [1.29, 1.82) is 0 Å². The van der Waals surface area contributed by atoms with Crippen LogP contribution in [0.3, 0.4) is 0 Å². The lowest BCUT2D eigenvalue weighted by molar-refractivity contribution is -0.104. The highest BCUT2D eigenvalue weighted by Gasteiger charge is 2.53. The second kappa shape index (κ2) is 6.05. The monoisotopic (exact) mass is 314 g/mol. The van der Waals surface area contributed by atoms with Crippen molar-refractivity contribution in [3.05, 3.63) is 34.9 Å². The highest BCUT2D eigenvalue weighted by Crippen LogP contribution is 2.50. The third kappa shape index (κ3) is 3.36. The number of hydrogen-bond donors (Lipinski definition) is 2. The zero-order valence-corrected chi connectivity index (χ0v) is 13.7. The standard InChI is InChI=1S/C17H24F2O3/c1-11(7-9-20)6-8-17(22)12(2)14(16(5,18)19)13(21)10-15(17,3)4/h6-9,13,21-22H,10H2,1-5H3/b8-6+,11-7-. The SMILES string of the molecule is CC1=C(C(C)(F)F)C(O)CC(C)(C)C1(O)/C=C/C(C)=C\C=O. The summed E-state index contributed by atoms with van der Waals surface area (Å²) >= 11 is 0. The number of aliphatic hydroxyl groups is 2. The molecule has 0 saturated carbocycles. The second-order valence-electron chi connectivity index (χ2n) is 6.68. The van der Waals surface area contributed by atoms with Crippen LogP contribution in [0, 0.1) is 5.41 Å². The van der Waals surface area contributed by atoms with Crippen molar-refractivity contribution >= 4 is 6.29 Å². The van der Waals surface area contributed by atoms with Gasteiger partial charge in [0.1, 0.15) is 11.9 Å². The van der Waals surface area contributed by atoms with E-state index in [0.717, 1.165) is 6.92 Å². The van der Waals surface area contributed by atoms with Gasteiger partial charge in [0.15, 0.2) is 0 Å². The van der Waals surface area contributed by atoms with Gasteiger partial charge in [-0.05, 0) is 43.6 Å². The first-order valence-electron chi connectivity index (χ1n) is 7.18. The van der Waals surface area contributed by atoms with Gasteiger partial charge < -0.3 is 10.2 Å². The van der Waals surface area contributed by atoms with Crippen molar-refractivity contribution < 1.29 is 23.8 Å². The van der Waals surface area contributed by atoms with Crippen LogP contribution < -0.4 is 0 Å². The smallest absolute Gasteiger partial charge is 0.269 e. The molecule has 1 aliphatic rings. The molecule has 0 aromatic carbocycles. The third-order valence-electron chi connectivity index (χ3n) is 4.44. The van der Waals surface area contributed by atoms with E-state index in [4.69, 9.17) is 0 Å². The number of hydrogen-bond acceptors (Lipinski definition) is 3. The molecule has 2 atom stereocenters. The molecule has 0 aliphatic heterocycles. The molecule has 0 fully saturated rings. The minimum absolute atomic E-state index is 0.0143. The van der Waals surface area contributed by atoms with Crippen LogP contribution in [0.2, 0.25) is 0 Å². The normalized spacial score (nSPS) is 30.0. The lowest BCUT2D eigenvalue weighted by atomic mass is 9.61. The van der Waals surface area contributed by atoms with E-state index in [0.29, 0.717) is 11.9 Å². The van der Waals surface area contributed by atoms with Crippen LogP contribution in [0.25, 0.3) is 0 Å². The number of carbonyl (C=O) groups is 1. The van der Waals surface area contributed by atoms with Crippen molar-refractivity contribution in [1.82, 2.24) is 0 Å². The molecule has 0 bridgehead atoms. The Balaban J connectivity index is 3.49. The maximum absolute atomic E-state index is 13.8. The fourth-order valence-electron chi connectivity index (χ4n) is 3.09. The summed E-state index contributed by atoms with van der Waals surface area (Å²) < 4.78 is 27.6. The first kappa shape index (κ1) is 18.7. The van der Waals surface area contributed by atoms with Gasteiger partial charge >= 0.3 is 0 Å². The van der Waals surface area contributed by atoms with E-state index >= 15 is 0 Å². The summed E-state index contributed by atoms with van der Waals surface area (Å²) in [6.45, 7) is 7.24. The van der Waals surface area contributed by atoms with Gasteiger partial charge in [-0.25, -0.2) is 8.78 Å². The van der Waals surface area contributed by atoms with Crippen LogP contribution in [0.1, 0.15) is 41.0 Å². The molecule has 0 aromatic heterocycles. The Kier molecular flexibility index (Phi) is 5.15. The van der Waals surface area contributed by atoms with Crippen LogP contribution in [0.4, 0.5) is 8.78 Å². The summed E-state index contributed by atoms with van der Waals surface area (Å²) in [5.41, 5.74) is -2.24. The quantitative estimate of drug-likeness (QED) is 0.363. The fraction of sp³-hybridized carbons (Fsp3) is 0.588. The molecule has 1 rings (SSSR count). The Morgan fingerprint density at radius 3 is 2.41 bits per heavy atom.